The fourth-order valence-corrected chi connectivity index (χ4v) is 1.87. The summed E-state index contributed by atoms with van der Waals surface area (Å²) in [6.07, 6.45) is 1.11. The molecule has 0 bridgehead atoms. The van der Waals surface area contributed by atoms with Crippen molar-refractivity contribution in [3.63, 3.8) is 0 Å². The van der Waals surface area contributed by atoms with Gasteiger partial charge in [-0.2, -0.15) is 0 Å². The summed E-state index contributed by atoms with van der Waals surface area (Å²) in [4.78, 5) is 4.57. The molecule has 0 fully saturated rings. The zero-order valence-electron chi connectivity index (χ0n) is 12.3. The molecule has 2 heteroatoms. The molecular formula is C16H23NO. The number of nitrogens with zero attached hydrogens (tertiary/aromatic N) is 1. The maximum atomic E-state index is 5.90. The number of hydrogen-bond acceptors (Lipinski definition) is 2. The Balaban J connectivity index is 2.53. The lowest BCUT2D eigenvalue weighted by Crippen LogP contribution is -2.14. The second-order valence-electron chi connectivity index (χ2n) is 6.69. The highest BCUT2D eigenvalue weighted by molar-refractivity contribution is 5.74. The smallest absolute Gasteiger partial charge is 0.200 e. The predicted octanol–water partition coefficient (Wildman–Crippen LogP) is 4.81. The molecule has 2 nitrogen and oxygen atoms in total. The van der Waals surface area contributed by atoms with Crippen molar-refractivity contribution in [2.24, 2.45) is 0 Å². The van der Waals surface area contributed by atoms with E-state index in [1.807, 2.05) is 0 Å². The molecule has 1 aromatic carbocycles. The number of oxazole rings is 1. The first-order chi connectivity index (χ1) is 8.24. The van der Waals surface area contributed by atoms with Crippen LogP contribution in [0.3, 0.4) is 0 Å². The van der Waals surface area contributed by atoms with E-state index >= 15 is 0 Å². The topological polar surface area (TPSA) is 26.0 Å². The Bertz CT molecular complexity index is 558. The third kappa shape index (κ3) is 2.29. The summed E-state index contributed by atoms with van der Waals surface area (Å²) in [5, 5.41) is 0. The number of benzene rings is 1. The molecule has 0 aliphatic carbocycles. The second kappa shape index (κ2) is 4.11. The van der Waals surface area contributed by atoms with Crippen LogP contribution in [-0.4, -0.2) is 4.98 Å². The van der Waals surface area contributed by atoms with Crippen molar-refractivity contribution in [3.05, 3.63) is 29.7 Å². The highest BCUT2D eigenvalue weighted by atomic mass is 16.3. The lowest BCUT2D eigenvalue weighted by atomic mass is 9.82. The minimum Gasteiger partial charge on any atom is -0.440 e. The van der Waals surface area contributed by atoms with Crippen molar-refractivity contribution in [1.82, 2.24) is 4.98 Å². The van der Waals surface area contributed by atoms with Crippen LogP contribution in [0.5, 0.6) is 0 Å². The molecule has 0 N–H and O–H groups in total. The summed E-state index contributed by atoms with van der Waals surface area (Å²) in [6.45, 7) is 13.1. The summed E-state index contributed by atoms with van der Waals surface area (Å²) in [6, 6.07) is 6.38. The fraction of sp³-hybridized carbons (Fsp3) is 0.562. The van der Waals surface area contributed by atoms with Gasteiger partial charge in [-0.1, -0.05) is 47.6 Å². The number of rotatable bonds is 2. The van der Waals surface area contributed by atoms with E-state index in [1.54, 1.807) is 0 Å². The van der Waals surface area contributed by atoms with Crippen LogP contribution in [0, 0.1) is 0 Å². The summed E-state index contributed by atoms with van der Waals surface area (Å²) >= 11 is 0. The molecule has 0 atom stereocenters. The molecule has 1 heterocycles. The van der Waals surface area contributed by atoms with Crippen LogP contribution >= 0.6 is 0 Å². The summed E-state index contributed by atoms with van der Waals surface area (Å²) < 4.78 is 5.90. The van der Waals surface area contributed by atoms with Crippen molar-refractivity contribution in [2.45, 2.75) is 58.8 Å². The number of aromatic nitrogens is 1. The molecule has 0 spiro atoms. The Morgan fingerprint density at radius 1 is 1.11 bits per heavy atom. The van der Waals surface area contributed by atoms with E-state index in [4.69, 9.17) is 4.42 Å². The van der Waals surface area contributed by atoms with Crippen LogP contribution in [0.1, 0.15) is 59.4 Å². The van der Waals surface area contributed by atoms with E-state index in [9.17, 15) is 0 Å². The molecule has 2 rings (SSSR count). The Hall–Kier alpha value is -1.31. The van der Waals surface area contributed by atoms with Gasteiger partial charge in [-0.25, -0.2) is 4.98 Å². The van der Waals surface area contributed by atoms with Gasteiger partial charge in [-0.15, -0.1) is 0 Å². The van der Waals surface area contributed by atoms with E-state index < -0.39 is 0 Å². The molecule has 0 saturated heterocycles. The van der Waals surface area contributed by atoms with Gasteiger partial charge in [-0.05, 0) is 29.5 Å². The highest BCUT2D eigenvalue weighted by Gasteiger charge is 2.23. The molecular weight excluding hydrogens is 222 g/mol. The Morgan fingerprint density at radius 2 is 1.78 bits per heavy atom. The molecule has 0 unspecified atom stereocenters. The second-order valence-corrected chi connectivity index (χ2v) is 6.69. The summed E-state index contributed by atoms with van der Waals surface area (Å²) in [5.74, 6) is 0.809. The fourth-order valence-electron chi connectivity index (χ4n) is 1.87. The number of hydrogen-bond donors (Lipinski definition) is 0. The van der Waals surface area contributed by atoms with Gasteiger partial charge in [0.25, 0.3) is 0 Å². The minimum absolute atomic E-state index is 0.0422. The standard InChI is InChI=1S/C16H23NO/c1-7-16(5,6)11-8-9-12-13(10-11)18-14(17-12)15(2,3)4/h8-10H,7H2,1-6H3. The first-order valence-corrected chi connectivity index (χ1v) is 6.65. The maximum Gasteiger partial charge on any atom is 0.200 e. The van der Waals surface area contributed by atoms with Gasteiger partial charge in [0, 0.05) is 5.41 Å². The first kappa shape index (κ1) is 13.1. The molecule has 98 valence electrons. The molecule has 0 saturated carbocycles. The van der Waals surface area contributed by atoms with Crippen molar-refractivity contribution < 1.29 is 4.42 Å². The average molecular weight is 245 g/mol. The molecule has 0 aliphatic heterocycles. The number of fused-ring (bicyclic) bond motifs is 1. The van der Waals surface area contributed by atoms with Crippen LogP contribution in [0.4, 0.5) is 0 Å². The SMILES string of the molecule is CCC(C)(C)c1ccc2nc(C(C)(C)C)oc2c1. The van der Waals surface area contributed by atoms with Gasteiger partial charge in [0.1, 0.15) is 5.52 Å². The van der Waals surface area contributed by atoms with E-state index in [1.165, 1.54) is 5.56 Å². The van der Waals surface area contributed by atoms with Gasteiger partial charge in [-0.3, -0.25) is 0 Å². The maximum absolute atomic E-state index is 5.90. The zero-order chi connectivity index (χ0) is 13.6. The zero-order valence-corrected chi connectivity index (χ0v) is 12.3. The average Bonchev–Trinajstić information content (AvgIpc) is 2.71. The highest BCUT2D eigenvalue weighted by Crippen LogP contribution is 2.31. The molecule has 1 aromatic heterocycles. The molecule has 18 heavy (non-hydrogen) atoms. The third-order valence-corrected chi connectivity index (χ3v) is 3.70. The summed E-state index contributed by atoms with van der Waals surface area (Å²) in [7, 11) is 0. The van der Waals surface area contributed by atoms with Gasteiger partial charge < -0.3 is 4.42 Å². The van der Waals surface area contributed by atoms with Crippen molar-refractivity contribution >= 4 is 11.1 Å². The Morgan fingerprint density at radius 3 is 2.33 bits per heavy atom. The molecule has 0 amide bonds. The monoisotopic (exact) mass is 245 g/mol. The van der Waals surface area contributed by atoms with Crippen LogP contribution in [0.25, 0.3) is 11.1 Å². The van der Waals surface area contributed by atoms with E-state index in [-0.39, 0.29) is 10.8 Å². The molecule has 0 radical (unpaired) electrons. The molecule has 2 aromatic rings. The third-order valence-electron chi connectivity index (χ3n) is 3.70. The van der Waals surface area contributed by atoms with Crippen LogP contribution in [-0.2, 0) is 10.8 Å². The predicted molar refractivity (Wildman–Crippen MR) is 76.0 cm³/mol. The van der Waals surface area contributed by atoms with Gasteiger partial charge in [0.2, 0.25) is 5.89 Å². The van der Waals surface area contributed by atoms with Crippen molar-refractivity contribution in [1.29, 1.82) is 0 Å². The van der Waals surface area contributed by atoms with E-state index in [2.05, 4.69) is 64.7 Å². The van der Waals surface area contributed by atoms with E-state index in [0.29, 0.717) is 0 Å². The lowest BCUT2D eigenvalue weighted by Gasteiger charge is -2.22. The Labute approximate surface area is 109 Å². The van der Waals surface area contributed by atoms with Crippen molar-refractivity contribution in [3.8, 4) is 0 Å². The van der Waals surface area contributed by atoms with Crippen LogP contribution in [0.2, 0.25) is 0 Å². The quantitative estimate of drug-likeness (QED) is 0.758. The van der Waals surface area contributed by atoms with Crippen LogP contribution in [0.15, 0.2) is 22.6 Å². The minimum atomic E-state index is -0.0422. The largest absolute Gasteiger partial charge is 0.440 e. The van der Waals surface area contributed by atoms with Gasteiger partial charge >= 0.3 is 0 Å². The van der Waals surface area contributed by atoms with Gasteiger partial charge in [0.15, 0.2) is 5.58 Å². The normalized spacial score (nSPS) is 13.2. The summed E-state index contributed by atoms with van der Waals surface area (Å²) in [5.41, 5.74) is 3.31. The Kier molecular flexibility index (Phi) is 3.00. The van der Waals surface area contributed by atoms with Gasteiger partial charge in [0.05, 0.1) is 0 Å². The van der Waals surface area contributed by atoms with Crippen LogP contribution < -0.4 is 0 Å². The first-order valence-electron chi connectivity index (χ1n) is 6.65. The van der Waals surface area contributed by atoms with E-state index in [0.717, 1.165) is 23.4 Å². The lowest BCUT2D eigenvalue weighted by molar-refractivity contribution is 0.410. The molecule has 0 aliphatic rings. The van der Waals surface area contributed by atoms with Crippen molar-refractivity contribution in [2.75, 3.05) is 0 Å².